The van der Waals surface area contributed by atoms with Crippen LogP contribution in [0.1, 0.15) is 0 Å². The van der Waals surface area contributed by atoms with E-state index in [9.17, 15) is 18.3 Å². The minimum Gasteiger partial charge on any atom is -0.497 e. The molecule has 0 saturated carbocycles. The molecular weight excluding hydrogens is 378 g/mol. The molecule has 26 heavy (non-hydrogen) atoms. The van der Waals surface area contributed by atoms with Crippen molar-refractivity contribution < 1.29 is 27.8 Å². The fraction of sp³-hybridized carbons (Fsp3) is 0.235. The van der Waals surface area contributed by atoms with Gasteiger partial charge in [0.2, 0.25) is 15.5 Å². The topological polar surface area (TPSA) is 102 Å². The first-order chi connectivity index (χ1) is 12.4. The van der Waals surface area contributed by atoms with E-state index in [0.717, 1.165) is 11.8 Å². The van der Waals surface area contributed by atoms with Gasteiger partial charge in [-0.25, -0.2) is 17.9 Å². The molecule has 2 aromatic rings. The van der Waals surface area contributed by atoms with Crippen LogP contribution in [0.5, 0.6) is 11.5 Å². The first kappa shape index (κ1) is 20.1. The number of sulfonamides is 1. The lowest BCUT2D eigenvalue weighted by Crippen LogP contribution is -2.29. The van der Waals surface area contributed by atoms with Crippen molar-refractivity contribution in [3.63, 3.8) is 0 Å². The van der Waals surface area contributed by atoms with Crippen LogP contribution < -0.4 is 14.2 Å². The van der Waals surface area contributed by atoms with Gasteiger partial charge in [-0.2, -0.15) is 0 Å². The van der Waals surface area contributed by atoms with E-state index in [1.165, 1.54) is 19.2 Å². The molecule has 0 aliphatic carbocycles. The van der Waals surface area contributed by atoms with Gasteiger partial charge in [-0.15, -0.1) is 11.8 Å². The van der Waals surface area contributed by atoms with E-state index in [0.29, 0.717) is 11.5 Å². The van der Waals surface area contributed by atoms with Crippen LogP contribution in [0.2, 0.25) is 0 Å². The lowest BCUT2D eigenvalue weighted by atomic mass is 10.3. The first-order valence-electron chi connectivity index (χ1n) is 7.62. The number of carboxylic acid groups (broad SMARTS) is 1. The number of thioether (sulfide) groups is 1. The number of carbonyl (C=O) groups is 1. The molecular formula is C17H19NO6S2. The van der Waals surface area contributed by atoms with Gasteiger partial charge in [0.05, 0.1) is 12.0 Å². The number of rotatable bonds is 10. The number of ether oxygens (including phenoxy) is 2. The van der Waals surface area contributed by atoms with E-state index < -0.39 is 21.4 Å². The summed E-state index contributed by atoms with van der Waals surface area (Å²) in [5.41, 5.74) is -1.12. The predicted octanol–water partition coefficient (Wildman–Crippen LogP) is 2.20. The molecule has 2 aromatic carbocycles. The molecule has 0 heterocycles. The highest BCUT2D eigenvalue weighted by molar-refractivity contribution is 8.00. The molecule has 0 fully saturated rings. The van der Waals surface area contributed by atoms with E-state index >= 15 is 0 Å². The Morgan fingerprint density at radius 3 is 2.35 bits per heavy atom. The maximum atomic E-state index is 12.2. The summed E-state index contributed by atoms with van der Waals surface area (Å²) < 4.78 is 37.2. The molecule has 0 aromatic heterocycles. The number of methoxy groups -OCH3 is 1. The normalized spacial score (nSPS) is 12.3. The van der Waals surface area contributed by atoms with Gasteiger partial charge in [0.1, 0.15) is 11.5 Å². The Hall–Kier alpha value is -2.23. The van der Waals surface area contributed by atoms with E-state index in [-0.39, 0.29) is 17.2 Å². The summed E-state index contributed by atoms with van der Waals surface area (Å²) in [5.74, 6) is 0.101. The summed E-state index contributed by atoms with van der Waals surface area (Å²) in [4.78, 5) is 11.4. The van der Waals surface area contributed by atoms with Crippen molar-refractivity contribution in [2.24, 2.45) is 0 Å². The van der Waals surface area contributed by atoms with Gasteiger partial charge < -0.3 is 14.6 Å². The monoisotopic (exact) mass is 397 g/mol. The van der Waals surface area contributed by atoms with Gasteiger partial charge in [0, 0.05) is 12.3 Å². The molecule has 140 valence electrons. The molecule has 9 heteroatoms. The lowest BCUT2D eigenvalue weighted by molar-refractivity contribution is -0.140. The number of hydrogen-bond donors (Lipinski definition) is 2. The summed E-state index contributed by atoms with van der Waals surface area (Å²) in [7, 11) is -2.17. The van der Waals surface area contributed by atoms with Crippen LogP contribution in [-0.2, 0) is 14.8 Å². The molecule has 2 N–H and O–H groups in total. The third kappa shape index (κ3) is 5.94. The van der Waals surface area contributed by atoms with Crippen molar-refractivity contribution in [3.05, 3.63) is 54.6 Å². The van der Waals surface area contributed by atoms with Crippen molar-refractivity contribution in [2.45, 2.75) is 10.3 Å². The van der Waals surface area contributed by atoms with E-state index in [2.05, 4.69) is 4.72 Å². The maximum Gasteiger partial charge on any atom is 0.355 e. The van der Waals surface area contributed by atoms with Gasteiger partial charge in [0.25, 0.3) is 0 Å². The van der Waals surface area contributed by atoms with Crippen molar-refractivity contribution in [3.8, 4) is 11.5 Å². The standard InChI is InChI=1S/C17H19NO6S2/c1-23-13-7-9-15(10-8-13)26(21,22)18-11-12-25-17(16(19)20)24-14-5-3-2-4-6-14/h2-10,17-18H,11-12H2,1H3,(H,19,20). The average molecular weight is 397 g/mol. The van der Waals surface area contributed by atoms with Gasteiger partial charge in [-0.1, -0.05) is 18.2 Å². The Kier molecular flexibility index (Phi) is 7.31. The highest BCUT2D eigenvalue weighted by atomic mass is 32.2. The molecule has 1 atom stereocenters. The number of hydrogen-bond acceptors (Lipinski definition) is 6. The van der Waals surface area contributed by atoms with Gasteiger partial charge in [0.15, 0.2) is 0 Å². The Morgan fingerprint density at radius 2 is 1.77 bits per heavy atom. The number of carboxylic acids is 1. The molecule has 0 aliphatic heterocycles. The Labute approximate surface area is 156 Å². The molecule has 1 unspecified atom stereocenters. The van der Waals surface area contributed by atoms with Crippen molar-refractivity contribution in [1.29, 1.82) is 0 Å². The molecule has 2 rings (SSSR count). The zero-order valence-electron chi connectivity index (χ0n) is 14.0. The van der Waals surface area contributed by atoms with Gasteiger partial charge >= 0.3 is 5.97 Å². The summed E-state index contributed by atoms with van der Waals surface area (Å²) in [6, 6.07) is 14.6. The van der Waals surface area contributed by atoms with Crippen LogP contribution in [0.15, 0.2) is 59.5 Å². The summed E-state index contributed by atoms with van der Waals surface area (Å²) in [6.45, 7) is 0.0704. The molecule has 0 bridgehead atoms. The minimum atomic E-state index is -3.67. The fourth-order valence-corrected chi connectivity index (χ4v) is 3.88. The highest BCUT2D eigenvalue weighted by Crippen LogP contribution is 2.19. The largest absolute Gasteiger partial charge is 0.497 e. The Balaban J connectivity index is 1.85. The van der Waals surface area contributed by atoms with Crippen molar-refractivity contribution in [2.75, 3.05) is 19.4 Å². The molecule has 0 spiro atoms. The van der Waals surface area contributed by atoms with Crippen LogP contribution in [0.4, 0.5) is 0 Å². The summed E-state index contributed by atoms with van der Waals surface area (Å²) in [6.07, 6.45) is 0. The second-order valence-corrected chi connectivity index (χ2v) is 7.98. The SMILES string of the molecule is COc1ccc(S(=O)(=O)NCCSC(Oc2ccccc2)C(=O)O)cc1. The summed E-state index contributed by atoms with van der Waals surface area (Å²) in [5, 5.41) is 9.22. The molecule has 0 radical (unpaired) electrons. The minimum absolute atomic E-state index is 0.0704. The fourth-order valence-electron chi connectivity index (χ4n) is 1.96. The zero-order valence-corrected chi connectivity index (χ0v) is 15.6. The number of nitrogens with one attached hydrogen (secondary N) is 1. The van der Waals surface area contributed by atoms with Crippen molar-refractivity contribution >= 4 is 27.8 Å². The Morgan fingerprint density at radius 1 is 1.12 bits per heavy atom. The zero-order chi connectivity index (χ0) is 19.0. The first-order valence-corrected chi connectivity index (χ1v) is 10.2. The third-order valence-electron chi connectivity index (χ3n) is 3.22. The number of benzene rings is 2. The van der Waals surface area contributed by atoms with E-state index in [4.69, 9.17) is 9.47 Å². The smallest absolute Gasteiger partial charge is 0.355 e. The Bertz CT molecular complexity index is 809. The number of aliphatic carboxylic acids is 1. The van der Waals surface area contributed by atoms with Crippen LogP contribution in [0.3, 0.4) is 0 Å². The highest BCUT2D eigenvalue weighted by Gasteiger charge is 2.20. The van der Waals surface area contributed by atoms with Gasteiger partial charge in [-0.3, -0.25) is 0 Å². The molecule has 7 nitrogen and oxygen atoms in total. The molecule has 0 amide bonds. The van der Waals surface area contributed by atoms with Crippen LogP contribution >= 0.6 is 11.8 Å². The van der Waals surface area contributed by atoms with Gasteiger partial charge in [-0.05, 0) is 36.4 Å². The van der Waals surface area contributed by atoms with Crippen LogP contribution in [0, 0.1) is 0 Å². The maximum absolute atomic E-state index is 12.2. The second-order valence-electron chi connectivity index (χ2n) is 5.05. The van der Waals surface area contributed by atoms with E-state index in [1.807, 2.05) is 0 Å². The average Bonchev–Trinajstić information content (AvgIpc) is 2.65. The van der Waals surface area contributed by atoms with Crippen LogP contribution in [-0.4, -0.2) is 44.3 Å². The van der Waals surface area contributed by atoms with Crippen LogP contribution in [0.25, 0.3) is 0 Å². The lowest BCUT2D eigenvalue weighted by Gasteiger charge is -2.14. The molecule has 0 saturated heterocycles. The third-order valence-corrected chi connectivity index (χ3v) is 5.74. The second kappa shape index (κ2) is 9.46. The number of para-hydroxylation sites is 1. The van der Waals surface area contributed by atoms with Crippen molar-refractivity contribution in [1.82, 2.24) is 4.72 Å². The van der Waals surface area contributed by atoms with E-state index in [1.54, 1.807) is 42.5 Å². The predicted molar refractivity (Wildman–Crippen MR) is 99.1 cm³/mol. The summed E-state index contributed by atoms with van der Waals surface area (Å²) >= 11 is 0.998. The molecule has 0 aliphatic rings. The quantitative estimate of drug-likeness (QED) is 0.468.